The Labute approximate surface area is 128 Å². The molecule has 0 fully saturated rings. The largest absolute Gasteiger partial charge is 0.398 e. The van der Waals surface area contributed by atoms with Gasteiger partial charge >= 0.3 is 0 Å². The van der Waals surface area contributed by atoms with Gasteiger partial charge in [-0.05, 0) is 46.3 Å². The summed E-state index contributed by atoms with van der Waals surface area (Å²) >= 11 is 15.1. The number of nitrogens with two attached hydrogens (primary N) is 1. The molecule has 2 aromatic carbocycles. The Morgan fingerprint density at radius 3 is 2.68 bits per heavy atom. The monoisotopic (exact) mass is 358 g/mol. The summed E-state index contributed by atoms with van der Waals surface area (Å²) in [5, 5.41) is 3.60. The number of hydrogen-bond acceptors (Lipinski definition) is 2. The van der Waals surface area contributed by atoms with Crippen molar-refractivity contribution in [2.24, 2.45) is 0 Å². The summed E-state index contributed by atoms with van der Waals surface area (Å²) in [6.07, 6.45) is 0. The van der Waals surface area contributed by atoms with Crippen LogP contribution in [0.1, 0.15) is 10.4 Å². The molecule has 98 valence electrons. The molecular weight excluding hydrogens is 351 g/mol. The summed E-state index contributed by atoms with van der Waals surface area (Å²) in [5.41, 5.74) is 7.10. The topological polar surface area (TPSA) is 55.1 Å². The highest BCUT2D eigenvalue weighted by Gasteiger charge is 2.13. The summed E-state index contributed by atoms with van der Waals surface area (Å²) in [4.78, 5) is 12.2. The maximum Gasteiger partial charge on any atom is 0.256 e. The van der Waals surface area contributed by atoms with Gasteiger partial charge in [0.05, 0.1) is 20.7 Å². The molecule has 0 unspecified atom stereocenters. The predicted molar refractivity (Wildman–Crippen MR) is 83.0 cm³/mol. The number of hydrogen-bond donors (Lipinski definition) is 2. The highest BCUT2D eigenvalue weighted by Crippen LogP contribution is 2.28. The van der Waals surface area contributed by atoms with Gasteiger partial charge in [-0.25, -0.2) is 0 Å². The van der Waals surface area contributed by atoms with E-state index in [9.17, 15) is 4.79 Å². The van der Waals surface area contributed by atoms with E-state index >= 15 is 0 Å². The van der Waals surface area contributed by atoms with E-state index < -0.39 is 0 Å². The third kappa shape index (κ3) is 3.21. The molecule has 19 heavy (non-hydrogen) atoms. The maximum absolute atomic E-state index is 12.2. The van der Waals surface area contributed by atoms with E-state index in [1.165, 1.54) is 0 Å². The first-order valence-corrected chi connectivity index (χ1v) is 6.84. The van der Waals surface area contributed by atoms with Gasteiger partial charge in [0.2, 0.25) is 0 Å². The second-order valence-electron chi connectivity index (χ2n) is 3.79. The molecule has 0 saturated heterocycles. The molecule has 0 radical (unpaired) electrons. The Balaban J connectivity index is 2.31. The average Bonchev–Trinajstić information content (AvgIpc) is 2.37. The van der Waals surface area contributed by atoms with Crippen molar-refractivity contribution in [1.29, 1.82) is 0 Å². The molecular formula is C13H9BrCl2N2O. The number of halogens is 3. The molecule has 0 aliphatic heterocycles. The van der Waals surface area contributed by atoms with Crippen LogP contribution >= 0.6 is 39.1 Å². The molecule has 0 aliphatic rings. The fraction of sp³-hybridized carbons (Fsp3) is 0. The van der Waals surface area contributed by atoms with E-state index in [0.717, 1.165) is 0 Å². The lowest BCUT2D eigenvalue weighted by molar-refractivity contribution is 0.102. The lowest BCUT2D eigenvalue weighted by Gasteiger charge is -2.10. The van der Waals surface area contributed by atoms with Crippen LogP contribution in [0, 0.1) is 0 Å². The zero-order chi connectivity index (χ0) is 14.0. The molecule has 2 rings (SSSR count). The van der Waals surface area contributed by atoms with Crippen molar-refractivity contribution in [1.82, 2.24) is 0 Å². The molecule has 0 aromatic heterocycles. The highest BCUT2D eigenvalue weighted by molar-refractivity contribution is 9.10. The molecule has 1 amide bonds. The molecule has 2 aromatic rings. The van der Waals surface area contributed by atoms with E-state index in [1.807, 2.05) is 0 Å². The second kappa shape index (κ2) is 5.82. The summed E-state index contributed by atoms with van der Waals surface area (Å²) in [7, 11) is 0. The first kappa shape index (κ1) is 14.2. The number of rotatable bonds is 2. The van der Waals surface area contributed by atoms with Crippen LogP contribution in [0.2, 0.25) is 10.0 Å². The van der Waals surface area contributed by atoms with Crippen molar-refractivity contribution in [3.05, 3.63) is 56.5 Å². The predicted octanol–water partition coefficient (Wildman–Crippen LogP) is 4.59. The SMILES string of the molecule is Nc1cccc(C(=O)Nc2cc(Cl)ccc2Cl)c1Br. The van der Waals surface area contributed by atoms with Gasteiger partial charge in [-0.1, -0.05) is 29.3 Å². The van der Waals surface area contributed by atoms with Gasteiger partial charge in [-0.15, -0.1) is 0 Å². The molecule has 0 spiro atoms. The van der Waals surface area contributed by atoms with Gasteiger partial charge in [0.25, 0.3) is 5.91 Å². The van der Waals surface area contributed by atoms with Crippen molar-refractivity contribution in [2.45, 2.75) is 0 Å². The molecule has 0 atom stereocenters. The van der Waals surface area contributed by atoms with Crippen LogP contribution in [0.3, 0.4) is 0 Å². The summed E-state index contributed by atoms with van der Waals surface area (Å²) in [5.74, 6) is -0.316. The first-order chi connectivity index (χ1) is 8.99. The van der Waals surface area contributed by atoms with Crippen molar-refractivity contribution in [3.63, 3.8) is 0 Å². The Morgan fingerprint density at radius 1 is 1.21 bits per heavy atom. The molecule has 3 nitrogen and oxygen atoms in total. The van der Waals surface area contributed by atoms with Crippen LogP contribution in [0.25, 0.3) is 0 Å². The standard InChI is InChI=1S/C13H9BrCl2N2O/c14-12-8(2-1-3-10(12)17)13(19)18-11-6-7(15)4-5-9(11)16/h1-6H,17H2,(H,18,19). The van der Waals surface area contributed by atoms with E-state index in [4.69, 9.17) is 28.9 Å². The van der Waals surface area contributed by atoms with Crippen molar-refractivity contribution in [3.8, 4) is 0 Å². The normalized spacial score (nSPS) is 10.3. The van der Waals surface area contributed by atoms with Gasteiger partial charge in [0.15, 0.2) is 0 Å². The second-order valence-corrected chi connectivity index (χ2v) is 5.42. The van der Waals surface area contributed by atoms with Crippen LogP contribution in [0.15, 0.2) is 40.9 Å². The van der Waals surface area contributed by atoms with E-state index in [1.54, 1.807) is 36.4 Å². The van der Waals surface area contributed by atoms with Gasteiger partial charge in [0, 0.05) is 10.7 Å². The Kier molecular flexibility index (Phi) is 4.34. The van der Waals surface area contributed by atoms with Gasteiger partial charge in [0.1, 0.15) is 0 Å². The summed E-state index contributed by atoms with van der Waals surface area (Å²) in [6, 6.07) is 9.92. The Bertz CT molecular complexity index is 647. The number of carbonyl (C=O) groups excluding carboxylic acids is 1. The van der Waals surface area contributed by atoms with Crippen molar-refractivity contribution >= 4 is 56.4 Å². The number of nitrogen functional groups attached to an aromatic ring is 1. The summed E-state index contributed by atoms with van der Waals surface area (Å²) < 4.78 is 0.547. The molecule has 0 bridgehead atoms. The van der Waals surface area contributed by atoms with Gasteiger partial charge in [-0.3, -0.25) is 4.79 Å². The number of amides is 1. The van der Waals surface area contributed by atoms with Crippen molar-refractivity contribution in [2.75, 3.05) is 11.1 Å². The summed E-state index contributed by atoms with van der Waals surface area (Å²) in [6.45, 7) is 0. The molecule has 0 aliphatic carbocycles. The zero-order valence-electron chi connectivity index (χ0n) is 9.58. The highest BCUT2D eigenvalue weighted by atomic mass is 79.9. The van der Waals surface area contributed by atoms with Crippen LogP contribution in [0.4, 0.5) is 11.4 Å². The molecule has 3 N–H and O–H groups in total. The minimum atomic E-state index is -0.316. The minimum Gasteiger partial charge on any atom is -0.398 e. The Hall–Kier alpha value is -1.23. The lowest BCUT2D eigenvalue weighted by atomic mass is 10.2. The van der Waals surface area contributed by atoms with Crippen LogP contribution in [-0.2, 0) is 0 Å². The fourth-order valence-corrected chi connectivity index (χ4v) is 2.29. The number of benzene rings is 2. The lowest BCUT2D eigenvalue weighted by Crippen LogP contribution is -2.13. The molecule has 6 heteroatoms. The number of anilines is 2. The number of nitrogens with one attached hydrogen (secondary N) is 1. The minimum absolute atomic E-state index is 0.316. The Morgan fingerprint density at radius 2 is 1.95 bits per heavy atom. The van der Waals surface area contributed by atoms with E-state index in [0.29, 0.717) is 31.5 Å². The first-order valence-electron chi connectivity index (χ1n) is 5.29. The van der Waals surface area contributed by atoms with Crippen LogP contribution in [0.5, 0.6) is 0 Å². The molecule has 0 heterocycles. The molecule has 0 saturated carbocycles. The zero-order valence-corrected chi connectivity index (χ0v) is 12.7. The van der Waals surface area contributed by atoms with Gasteiger partial charge < -0.3 is 11.1 Å². The van der Waals surface area contributed by atoms with E-state index in [2.05, 4.69) is 21.2 Å². The third-order valence-corrected chi connectivity index (χ3v) is 3.90. The van der Waals surface area contributed by atoms with Crippen LogP contribution in [-0.4, -0.2) is 5.91 Å². The van der Waals surface area contributed by atoms with Gasteiger partial charge in [-0.2, -0.15) is 0 Å². The smallest absolute Gasteiger partial charge is 0.256 e. The average molecular weight is 360 g/mol. The maximum atomic E-state index is 12.2. The number of carbonyl (C=O) groups is 1. The quantitative estimate of drug-likeness (QED) is 0.770. The van der Waals surface area contributed by atoms with Crippen molar-refractivity contribution < 1.29 is 4.79 Å². The van der Waals surface area contributed by atoms with Crippen LogP contribution < -0.4 is 11.1 Å². The van der Waals surface area contributed by atoms with E-state index in [-0.39, 0.29) is 5.91 Å². The third-order valence-electron chi connectivity index (χ3n) is 2.45. The fourth-order valence-electron chi connectivity index (χ4n) is 1.51.